The summed E-state index contributed by atoms with van der Waals surface area (Å²) in [6, 6.07) is 9.54. The molecule has 0 spiro atoms. The standard InChI is InChI=1S/C19H20F3N3O3S/c1-24-10-12-25(13-11-24)29(27,28)17-8-6-16(7-9-17)23-18(26)14-2-4-15(5-3-14)19(20,21)22/h2-9H,10-13H2,1H3,(H,23,26). The van der Waals surface area contributed by atoms with Crippen LogP contribution in [0.3, 0.4) is 0 Å². The Balaban J connectivity index is 1.68. The predicted octanol–water partition coefficient (Wildman–Crippen LogP) is 2.89. The predicted molar refractivity (Wildman–Crippen MR) is 102 cm³/mol. The maximum Gasteiger partial charge on any atom is 0.416 e. The molecule has 1 saturated heterocycles. The van der Waals surface area contributed by atoms with Gasteiger partial charge in [0.15, 0.2) is 0 Å². The number of likely N-dealkylation sites (N-methyl/N-ethyl adjacent to an activating group) is 1. The number of piperazine rings is 1. The average molecular weight is 427 g/mol. The van der Waals surface area contributed by atoms with Crippen LogP contribution >= 0.6 is 0 Å². The van der Waals surface area contributed by atoms with Gasteiger partial charge in [0.25, 0.3) is 5.91 Å². The van der Waals surface area contributed by atoms with Crippen LogP contribution in [0, 0.1) is 0 Å². The fourth-order valence-electron chi connectivity index (χ4n) is 2.90. The van der Waals surface area contributed by atoms with Gasteiger partial charge in [-0.25, -0.2) is 8.42 Å². The van der Waals surface area contributed by atoms with Gasteiger partial charge < -0.3 is 10.2 Å². The monoisotopic (exact) mass is 427 g/mol. The van der Waals surface area contributed by atoms with E-state index in [1.54, 1.807) is 0 Å². The van der Waals surface area contributed by atoms with Crippen molar-refractivity contribution >= 4 is 21.6 Å². The summed E-state index contributed by atoms with van der Waals surface area (Å²) >= 11 is 0. The Morgan fingerprint density at radius 3 is 2.00 bits per heavy atom. The maximum atomic E-state index is 12.7. The van der Waals surface area contributed by atoms with E-state index in [9.17, 15) is 26.4 Å². The first-order valence-electron chi connectivity index (χ1n) is 8.85. The summed E-state index contributed by atoms with van der Waals surface area (Å²) in [6.07, 6.45) is -4.47. The van der Waals surface area contributed by atoms with E-state index in [2.05, 4.69) is 5.32 Å². The molecule has 1 aliphatic heterocycles. The van der Waals surface area contributed by atoms with Crippen molar-refractivity contribution in [3.63, 3.8) is 0 Å². The molecule has 1 amide bonds. The topological polar surface area (TPSA) is 69.7 Å². The second-order valence-electron chi connectivity index (χ2n) is 6.76. The molecule has 0 bridgehead atoms. The number of anilines is 1. The molecule has 1 aliphatic rings. The van der Waals surface area contributed by atoms with Crippen LogP contribution in [0.1, 0.15) is 15.9 Å². The van der Waals surface area contributed by atoms with Crippen LogP contribution < -0.4 is 5.32 Å². The molecule has 156 valence electrons. The van der Waals surface area contributed by atoms with E-state index in [0.717, 1.165) is 24.3 Å². The lowest BCUT2D eigenvalue weighted by molar-refractivity contribution is -0.137. The molecule has 2 aromatic carbocycles. The van der Waals surface area contributed by atoms with Crippen LogP contribution in [-0.2, 0) is 16.2 Å². The number of rotatable bonds is 4. The lowest BCUT2D eigenvalue weighted by Crippen LogP contribution is -2.46. The number of hydrogen-bond donors (Lipinski definition) is 1. The first kappa shape index (κ1) is 21.3. The van der Waals surface area contributed by atoms with Crippen molar-refractivity contribution in [2.75, 3.05) is 38.5 Å². The highest BCUT2D eigenvalue weighted by atomic mass is 32.2. The number of carbonyl (C=O) groups excluding carboxylic acids is 1. The molecule has 1 heterocycles. The van der Waals surface area contributed by atoms with Crippen molar-refractivity contribution in [2.24, 2.45) is 0 Å². The van der Waals surface area contributed by atoms with Crippen LogP contribution in [0.4, 0.5) is 18.9 Å². The normalized spacial score (nSPS) is 16.6. The Bertz CT molecular complexity index is 966. The first-order valence-corrected chi connectivity index (χ1v) is 10.3. The second-order valence-corrected chi connectivity index (χ2v) is 8.70. The van der Waals surface area contributed by atoms with E-state index in [0.29, 0.717) is 31.9 Å². The molecule has 2 aromatic rings. The minimum atomic E-state index is -4.47. The highest BCUT2D eigenvalue weighted by Gasteiger charge is 2.30. The van der Waals surface area contributed by atoms with Crippen molar-refractivity contribution in [2.45, 2.75) is 11.1 Å². The Morgan fingerprint density at radius 2 is 1.48 bits per heavy atom. The van der Waals surface area contributed by atoms with Crippen molar-refractivity contribution in [3.05, 3.63) is 59.7 Å². The van der Waals surface area contributed by atoms with Gasteiger partial charge in [-0.3, -0.25) is 4.79 Å². The minimum absolute atomic E-state index is 0.0622. The van der Waals surface area contributed by atoms with Gasteiger partial charge in [0, 0.05) is 37.4 Å². The molecule has 0 aromatic heterocycles. The molecule has 3 rings (SSSR count). The summed E-state index contributed by atoms with van der Waals surface area (Å²) in [5.74, 6) is -0.589. The molecule has 29 heavy (non-hydrogen) atoms. The number of nitrogens with zero attached hydrogens (tertiary/aromatic N) is 2. The summed E-state index contributed by atoms with van der Waals surface area (Å²) in [6.45, 7) is 2.12. The number of benzene rings is 2. The van der Waals surface area contributed by atoms with Crippen molar-refractivity contribution < 1.29 is 26.4 Å². The molecular weight excluding hydrogens is 407 g/mol. The number of halogens is 3. The number of sulfonamides is 1. The molecule has 0 radical (unpaired) electrons. The molecular formula is C19H20F3N3O3S. The van der Waals surface area contributed by atoms with Crippen molar-refractivity contribution in [1.29, 1.82) is 0 Å². The highest BCUT2D eigenvalue weighted by Crippen LogP contribution is 2.29. The Morgan fingerprint density at radius 1 is 0.931 bits per heavy atom. The van der Waals surface area contributed by atoms with E-state index >= 15 is 0 Å². The minimum Gasteiger partial charge on any atom is -0.322 e. The number of hydrogen-bond acceptors (Lipinski definition) is 4. The summed E-state index contributed by atoms with van der Waals surface area (Å²) < 4.78 is 64.6. The van der Waals surface area contributed by atoms with Crippen molar-refractivity contribution in [3.8, 4) is 0 Å². The van der Waals surface area contributed by atoms with Crippen LogP contribution in [0.5, 0.6) is 0 Å². The Kier molecular flexibility index (Phi) is 5.97. The molecule has 6 nitrogen and oxygen atoms in total. The zero-order chi connectivity index (χ0) is 21.2. The van der Waals surface area contributed by atoms with Gasteiger partial charge in [-0.2, -0.15) is 17.5 Å². The van der Waals surface area contributed by atoms with Gasteiger partial charge >= 0.3 is 6.18 Å². The van der Waals surface area contributed by atoms with Gasteiger partial charge in [-0.1, -0.05) is 0 Å². The van der Waals surface area contributed by atoms with Gasteiger partial charge in [0.05, 0.1) is 10.5 Å². The lowest BCUT2D eigenvalue weighted by Gasteiger charge is -2.31. The van der Waals surface area contributed by atoms with E-state index in [1.165, 1.54) is 28.6 Å². The summed E-state index contributed by atoms with van der Waals surface area (Å²) in [4.78, 5) is 14.4. The second kappa shape index (κ2) is 8.13. The van der Waals surface area contributed by atoms with Crippen LogP contribution in [-0.4, -0.2) is 56.8 Å². The molecule has 0 saturated carbocycles. The highest BCUT2D eigenvalue weighted by molar-refractivity contribution is 7.89. The molecule has 0 aliphatic carbocycles. The fraction of sp³-hybridized carbons (Fsp3) is 0.316. The summed E-state index contributed by atoms with van der Waals surface area (Å²) in [5.41, 5.74) is -0.438. The Labute approximate surface area is 167 Å². The van der Waals surface area contributed by atoms with Crippen LogP contribution in [0.15, 0.2) is 53.4 Å². The van der Waals surface area contributed by atoms with E-state index < -0.39 is 27.7 Å². The van der Waals surface area contributed by atoms with E-state index in [1.807, 2.05) is 11.9 Å². The largest absolute Gasteiger partial charge is 0.416 e. The quantitative estimate of drug-likeness (QED) is 0.815. The van der Waals surface area contributed by atoms with Gasteiger partial charge in [0.1, 0.15) is 0 Å². The fourth-order valence-corrected chi connectivity index (χ4v) is 4.32. The summed E-state index contributed by atoms with van der Waals surface area (Å²) in [5, 5.41) is 2.55. The number of nitrogens with one attached hydrogen (secondary N) is 1. The van der Waals surface area contributed by atoms with Gasteiger partial charge in [-0.15, -0.1) is 0 Å². The molecule has 1 fully saturated rings. The third-order valence-corrected chi connectivity index (χ3v) is 6.60. The molecule has 0 atom stereocenters. The summed E-state index contributed by atoms with van der Waals surface area (Å²) in [7, 11) is -1.69. The van der Waals surface area contributed by atoms with E-state index in [4.69, 9.17) is 0 Å². The number of amides is 1. The van der Waals surface area contributed by atoms with Gasteiger partial charge in [-0.05, 0) is 55.6 Å². The first-order chi connectivity index (χ1) is 13.6. The third kappa shape index (κ3) is 4.95. The smallest absolute Gasteiger partial charge is 0.322 e. The number of alkyl halides is 3. The average Bonchev–Trinajstić information content (AvgIpc) is 2.68. The zero-order valence-corrected chi connectivity index (χ0v) is 16.4. The third-order valence-electron chi connectivity index (χ3n) is 4.69. The van der Waals surface area contributed by atoms with Crippen LogP contribution in [0.2, 0.25) is 0 Å². The molecule has 1 N–H and O–H groups in total. The zero-order valence-electron chi connectivity index (χ0n) is 15.6. The molecule has 0 unspecified atom stereocenters. The Hall–Kier alpha value is -2.43. The maximum absolute atomic E-state index is 12.7. The lowest BCUT2D eigenvalue weighted by atomic mass is 10.1. The van der Waals surface area contributed by atoms with Gasteiger partial charge in [0.2, 0.25) is 10.0 Å². The SMILES string of the molecule is CN1CCN(S(=O)(=O)c2ccc(NC(=O)c3ccc(C(F)(F)F)cc3)cc2)CC1. The number of carbonyl (C=O) groups is 1. The molecule has 10 heteroatoms. The van der Waals surface area contributed by atoms with E-state index in [-0.39, 0.29) is 10.5 Å². The van der Waals surface area contributed by atoms with Crippen LogP contribution in [0.25, 0.3) is 0 Å². The van der Waals surface area contributed by atoms with Crippen molar-refractivity contribution in [1.82, 2.24) is 9.21 Å².